The molecule has 3 rings (SSSR count). The van der Waals surface area contributed by atoms with Crippen LogP contribution in [0.1, 0.15) is 18.4 Å². The fourth-order valence-electron chi connectivity index (χ4n) is 2.44. The maximum atomic E-state index is 13.1. The number of nitrogens with zero attached hydrogens (tertiary/aromatic N) is 1. The molecule has 0 bridgehead atoms. The van der Waals surface area contributed by atoms with Gasteiger partial charge in [-0.05, 0) is 62.4 Å². The Morgan fingerprint density at radius 3 is 2.43 bits per heavy atom. The van der Waals surface area contributed by atoms with Gasteiger partial charge in [0.1, 0.15) is 17.1 Å². The first-order valence-electron chi connectivity index (χ1n) is 8.75. The molecule has 0 unspecified atom stereocenters. The molecule has 6 nitrogen and oxygen atoms in total. The summed E-state index contributed by atoms with van der Waals surface area (Å²) in [5, 5.41) is 9.62. The lowest BCUT2D eigenvalue weighted by Crippen LogP contribution is -2.14. The van der Waals surface area contributed by atoms with Gasteiger partial charge in [-0.1, -0.05) is 5.16 Å². The summed E-state index contributed by atoms with van der Waals surface area (Å²) >= 11 is 0. The van der Waals surface area contributed by atoms with Crippen LogP contribution in [0.25, 0.3) is 5.57 Å². The highest BCUT2D eigenvalue weighted by atomic mass is 19.1. The monoisotopic (exact) mass is 381 g/mol. The van der Waals surface area contributed by atoms with Crippen molar-refractivity contribution in [2.45, 2.75) is 13.8 Å². The number of hydrogen-bond acceptors (Lipinski definition) is 5. The van der Waals surface area contributed by atoms with Crippen molar-refractivity contribution in [3.63, 3.8) is 0 Å². The van der Waals surface area contributed by atoms with Gasteiger partial charge in [0.05, 0.1) is 12.3 Å². The van der Waals surface area contributed by atoms with E-state index in [2.05, 4.69) is 15.8 Å². The molecule has 2 aromatic carbocycles. The molecule has 7 heteroatoms. The molecule has 0 fully saturated rings. The van der Waals surface area contributed by atoms with Gasteiger partial charge in [-0.3, -0.25) is 4.79 Å². The van der Waals surface area contributed by atoms with Crippen LogP contribution in [0.15, 0.2) is 65.3 Å². The lowest BCUT2D eigenvalue weighted by Gasteiger charge is -2.09. The first-order valence-corrected chi connectivity index (χ1v) is 8.75. The maximum absolute atomic E-state index is 13.1. The number of amides is 1. The van der Waals surface area contributed by atoms with Crippen LogP contribution in [0, 0.1) is 12.7 Å². The second-order valence-corrected chi connectivity index (χ2v) is 5.95. The summed E-state index contributed by atoms with van der Waals surface area (Å²) in [4.78, 5) is 12.7. The Labute approximate surface area is 162 Å². The molecular weight excluding hydrogens is 361 g/mol. The highest BCUT2D eigenvalue weighted by molar-refractivity contribution is 6.24. The molecule has 3 aromatic rings. The van der Waals surface area contributed by atoms with E-state index in [4.69, 9.17) is 9.26 Å². The van der Waals surface area contributed by atoms with E-state index in [1.54, 1.807) is 13.0 Å². The first kappa shape index (κ1) is 19.2. The normalized spacial score (nSPS) is 11.2. The summed E-state index contributed by atoms with van der Waals surface area (Å²) in [5.41, 5.74) is 2.14. The van der Waals surface area contributed by atoms with E-state index in [0.717, 1.165) is 11.4 Å². The Morgan fingerprint density at radius 2 is 1.82 bits per heavy atom. The molecule has 0 aliphatic heterocycles. The van der Waals surface area contributed by atoms with Crippen molar-refractivity contribution in [3.8, 4) is 5.75 Å². The number of carbonyl (C=O) groups excluding carboxylic acids is 1. The molecule has 0 spiro atoms. The molecule has 0 radical (unpaired) electrons. The van der Waals surface area contributed by atoms with Crippen LogP contribution in [0.3, 0.4) is 0 Å². The fraction of sp³-hybridized carbons (Fsp3) is 0.143. The van der Waals surface area contributed by atoms with E-state index in [1.165, 1.54) is 30.5 Å². The standard InChI is InChI=1S/C21H20FN3O3/c1-3-27-18-10-8-16(9-11-18)23-13-19(20-12-14(2)25-28-20)21(26)24-17-6-4-15(22)5-7-17/h4-13,23H,3H2,1-2H3,(H,24,26). The number of hydrogen-bond donors (Lipinski definition) is 2. The number of halogens is 1. The number of aryl methyl sites for hydroxylation is 1. The number of nitrogens with one attached hydrogen (secondary N) is 2. The molecule has 144 valence electrons. The van der Waals surface area contributed by atoms with Crippen LogP contribution in [0.5, 0.6) is 5.75 Å². The molecule has 0 aliphatic rings. The minimum absolute atomic E-state index is 0.249. The average Bonchev–Trinajstić information content (AvgIpc) is 3.11. The molecule has 0 saturated carbocycles. The molecule has 1 heterocycles. The Kier molecular flexibility index (Phi) is 6.06. The highest BCUT2D eigenvalue weighted by Gasteiger charge is 2.17. The summed E-state index contributed by atoms with van der Waals surface area (Å²) in [6.45, 7) is 4.27. The van der Waals surface area contributed by atoms with Gasteiger partial charge in [0.15, 0.2) is 5.76 Å². The van der Waals surface area contributed by atoms with Crippen molar-refractivity contribution in [1.82, 2.24) is 5.16 Å². The smallest absolute Gasteiger partial charge is 0.261 e. The predicted molar refractivity (Wildman–Crippen MR) is 105 cm³/mol. The van der Waals surface area contributed by atoms with Gasteiger partial charge < -0.3 is 19.9 Å². The number of rotatable bonds is 7. The van der Waals surface area contributed by atoms with Crippen LogP contribution < -0.4 is 15.4 Å². The zero-order valence-corrected chi connectivity index (χ0v) is 15.5. The van der Waals surface area contributed by atoms with Gasteiger partial charge in [0, 0.05) is 23.6 Å². The number of ether oxygens (including phenoxy) is 1. The minimum Gasteiger partial charge on any atom is -0.494 e. The van der Waals surface area contributed by atoms with Crippen molar-refractivity contribution in [2.24, 2.45) is 0 Å². The molecule has 2 N–H and O–H groups in total. The van der Waals surface area contributed by atoms with Gasteiger partial charge in [-0.15, -0.1) is 0 Å². The molecule has 0 saturated heterocycles. The van der Waals surface area contributed by atoms with Crippen molar-refractivity contribution in [3.05, 3.63) is 78.1 Å². The molecule has 28 heavy (non-hydrogen) atoms. The molecule has 1 amide bonds. The van der Waals surface area contributed by atoms with Crippen LogP contribution in [0.4, 0.5) is 15.8 Å². The molecule has 0 atom stereocenters. The Hall–Kier alpha value is -3.61. The second kappa shape index (κ2) is 8.85. The fourth-order valence-corrected chi connectivity index (χ4v) is 2.44. The van der Waals surface area contributed by atoms with Crippen LogP contribution in [0.2, 0.25) is 0 Å². The van der Waals surface area contributed by atoms with Gasteiger partial charge in [-0.2, -0.15) is 0 Å². The van der Waals surface area contributed by atoms with E-state index < -0.39 is 5.91 Å². The van der Waals surface area contributed by atoms with Gasteiger partial charge in [-0.25, -0.2) is 4.39 Å². The summed E-state index contributed by atoms with van der Waals surface area (Å²) in [6, 6.07) is 14.5. The van der Waals surface area contributed by atoms with Crippen molar-refractivity contribution < 1.29 is 18.4 Å². The van der Waals surface area contributed by atoms with E-state index in [0.29, 0.717) is 23.7 Å². The summed E-state index contributed by atoms with van der Waals surface area (Å²) in [7, 11) is 0. The van der Waals surface area contributed by atoms with Gasteiger partial charge >= 0.3 is 0 Å². The zero-order valence-electron chi connectivity index (χ0n) is 15.5. The Balaban J connectivity index is 1.80. The quantitative estimate of drug-likeness (QED) is 0.585. The van der Waals surface area contributed by atoms with Gasteiger partial charge in [0.2, 0.25) is 0 Å². The van der Waals surface area contributed by atoms with Crippen LogP contribution in [-0.4, -0.2) is 17.7 Å². The zero-order chi connectivity index (χ0) is 19.9. The minimum atomic E-state index is -0.416. The van der Waals surface area contributed by atoms with Crippen molar-refractivity contribution >= 4 is 22.9 Å². The summed E-state index contributed by atoms with van der Waals surface area (Å²) < 4.78 is 23.7. The topological polar surface area (TPSA) is 76.4 Å². The van der Waals surface area contributed by atoms with E-state index in [9.17, 15) is 9.18 Å². The molecule has 1 aromatic heterocycles. The first-order chi connectivity index (χ1) is 13.5. The number of benzene rings is 2. The summed E-state index contributed by atoms with van der Waals surface area (Å²) in [6.07, 6.45) is 1.54. The largest absolute Gasteiger partial charge is 0.494 e. The van der Waals surface area contributed by atoms with Crippen LogP contribution >= 0.6 is 0 Å². The highest BCUT2D eigenvalue weighted by Crippen LogP contribution is 2.21. The van der Waals surface area contributed by atoms with E-state index >= 15 is 0 Å². The number of carbonyl (C=O) groups is 1. The van der Waals surface area contributed by atoms with Gasteiger partial charge in [0.25, 0.3) is 5.91 Å². The van der Waals surface area contributed by atoms with Crippen molar-refractivity contribution in [1.29, 1.82) is 0 Å². The summed E-state index contributed by atoms with van der Waals surface area (Å²) in [5.74, 6) is 0.283. The third kappa shape index (κ3) is 4.97. The predicted octanol–water partition coefficient (Wildman–Crippen LogP) is 4.61. The number of aromatic nitrogens is 1. The molecule has 0 aliphatic carbocycles. The lowest BCUT2D eigenvalue weighted by atomic mass is 10.2. The SMILES string of the molecule is CCOc1ccc(NC=C(C(=O)Nc2ccc(F)cc2)c2cc(C)no2)cc1. The van der Waals surface area contributed by atoms with E-state index in [-0.39, 0.29) is 11.4 Å². The third-order valence-electron chi connectivity index (χ3n) is 3.79. The van der Waals surface area contributed by atoms with E-state index in [1.807, 2.05) is 31.2 Å². The average molecular weight is 381 g/mol. The third-order valence-corrected chi connectivity index (χ3v) is 3.79. The Morgan fingerprint density at radius 1 is 1.14 bits per heavy atom. The maximum Gasteiger partial charge on any atom is 0.261 e. The number of anilines is 2. The van der Waals surface area contributed by atoms with Crippen LogP contribution in [-0.2, 0) is 4.79 Å². The Bertz CT molecular complexity index is 963. The van der Waals surface area contributed by atoms with Crippen molar-refractivity contribution in [2.75, 3.05) is 17.2 Å². The molecular formula is C21H20FN3O3. The lowest BCUT2D eigenvalue weighted by molar-refractivity contribution is -0.111. The second-order valence-electron chi connectivity index (χ2n) is 5.95.